The van der Waals surface area contributed by atoms with Crippen LogP contribution in [0.4, 0.5) is 11.4 Å². The second-order valence-corrected chi connectivity index (χ2v) is 7.09. The Balaban J connectivity index is 1.43. The fourth-order valence-corrected chi connectivity index (χ4v) is 4.00. The molecular weight excluding hydrogens is 336 g/mol. The van der Waals surface area contributed by atoms with Crippen molar-refractivity contribution < 1.29 is 0 Å². The standard InChI is InChI=1S/C21H20N6/c22-9-14-10-24-19-7-15(1-2-17(14)19)27-16-8-20-21(26-11-16)18(12-25-20)13-3-5-23-6-4-13/h1-2,7-8,10-13,23-25,27H,3-6H2. The highest BCUT2D eigenvalue weighted by atomic mass is 14.9. The molecule has 0 bridgehead atoms. The highest BCUT2D eigenvalue weighted by Crippen LogP contribution is 2.32. The molecule has 0 atom stereocenters. The van der Waals surface area contributed by atoms with Crippen molar-refractivity contribution in [3.05, 3.63) is 54.0 Å². The van der Waals surface area contributed by atoms with Gasteiger partial charge in [0.15, 0.2) is 0 Å². The highest BCUT2D eigenvalue weighted by molar-refractivity contribution is 5.89. The van der Waals surface area contributed by atoms with Gasteiger partial charge in [0.05, 0.1) is 28.5 Å². The number of hydrogen-bond donors (Lipinski definition) is 4. The fraction of sp³-hybridized carbons (Fsp3) is 0.238. The van der Waals surface area contributed by atoms with E-state index in [-0.39, 0.29) is 0 Å². The molecule has 0 saturated carbocycles. The number of nitrogens with zero attached hydrogens (tertiary/aromatic N) is 2. The molecule has 4 heterocycles. The minimum absolute atomic E-state index is 0.580. The number of pyridine rings is 1. The monoisotopic (exact) mass is 356 g/mol. The van der Waals surface area contributed by atoms with Crippen LogP contribution in [0.1, 0.15) is 29.9 Å². The predicted molar refractivity (Wildman–Crippen MR) is 107 cm³/mol. The Labute approximate surface area is 156 Å². The van der Waals surface area contributed by atoms with Gasteiger partial charge in [-0.2, -0.15) is 5.26 Å². The highest BCUT2D eigenvalue weighted by Gasteiger charge is 2.19. The maximum absolute atomic E-state index is 9.12. The molecule has 0 amide bonds. The van der Waals surface area contributed by atoms with Crippen LogP contribution >= 0.6 is 0 Å². The average molecular weight is 356 g/mol. The zero-order chi connectivity index (χ0) is 18.2. The lowest BCUT2D eigenvalue weighted by molar-refractivity contribution is 0.462. The summed E-state index contributed by atoms with van der Waals surface area (Å²) in [5, 5.41) is 16.9. The van der Waals surface area contributed by atoms with E-state index in [2.05, 4.69) is 38.9 Å². The second-order valence-electron chi connectivity index (χ2n) is 7.09. The summed E-state index contributed by atoms with van der Waals surface area (Å²) in [6.07, 6.45) is 8.07. The van der Waals surface area contributed by atoms with E-state index < -0.39 is 0 Å². The molecule has 4 N–H and O–H groups in total. The lowest BCUT2D eigenvalue weighted by Crippen LogP contribution is -2.26. The summed E-state index contributed by atoms with van der Waals surface area (Å²) >= 11 is 0. The fourth-order valence-electron chi connectivity index (χ4n) is 4.00. The summed E-state index contributed by atoms with van der Waals surface area (Å²) < 4.78 is 0. The molecule has 0 unspecified atom stereocenters. The van der Waals surface area contributed by atoms with Crippen molar-refractivity contribution in [2.45, 2.75) is 18.8 Å². The number of nitriles is 1. The third-order valence-electron chi connectivity index (χ3n) is 5.41. The van der Waals surface area contributed by atoms with Crippen LogP contribution in [0.3, 0.4) is 0 Å². The van der Waals surface area contributed by atoms with Gasteiger partial charge in [-0.25, -0.2) is 0 Å². The quantitative estimate of drug-likeness (QED) is 0.444. The topological polar surface area (TPSA) is 92.3 Å². The van der Waals surface area contributed by atoms with Crippen LogP contribution in [0.15, 0.2) is 42.9 Å². The minimum atomic E-state index is 0.580. The first-order chi connectivity index (χ1) is 13.3. The smallest absolute Gasteiger partial charge is 0.101 e. The van der Waals surface area contributed by atoms with E-state index >= 15 is 0 Å². The van der Waals surface area contributed by atoms with Crippen LogP contribution in [0.2, 0.25) is 0 Å². The number of fused-ring (bicyclic) bond motifs is 2. The van der Waals surface area contributed by atoms with Crippen LogP contribution in [0.25, 0.3) is 21.9 Å². The van der Waals surface area contributed by atoms with Gasteiger partial charge in [0.2, 0.25) is 0 Å². The molecule has 6 heteroatoms. The van der Waals surface area contributed by atoms with Gasteiger partial charge in [0.25, 0.3) is 0 Å². The molecule has 1 aliphatic heterocycles. The molecule has 4 aromatic rings. The molecular formula is C21H20N6. The Bertz CT molecular complexity index is 1160. The van der Waals surface area contributed by atoms with Crippen molar-refractivity contribution in [2.75, 3.05) is 18.4 Å². The average Bonchev–Trinajstić information content (AvgIpc) is 3.31. The predicted octanol–water partition coefficient (Wildman–Crippen LogP) is 4.13. The van der Waals surface area contributed by atoms with Gasteiger partial charge in [-0.05, 0) is 61.7 Å². The number of aromatic amines is 2. The number of piperidine rings is 1. The van der Waals surface area contributed by atoms with Gasteiger partial charge < -0.3 is 20.6 Å². The van der Waals surface area contributed by atoms with E-state index in [0.717, 1.165) is 59.2 Å². The summed E-state index contributed by atoms with van der Waals surface area (Å²) in [7, 11) is 0. The lowest BCUT2D eigenvalue weighted by Gasteiger charge is -2.21. The number of aromatic nitrogens is 3. The third kappa shape index (κ3) is 2.82. The SMILES string of the molecule is N#Cc1c[nH]c2cc(Nc3cnc4c(C5CCNCC5)c[nH]c4c3)ccc12. The van der Waals surface area contributed by atoms with Gasteiger partial charge in [-0.15, -0.1) is 0 Å². The lowest BCUT2D eigenvalue weighted by atomic mass is 9.91. The van der Waals surface area contributed by atoms with E-state index in [0.29, 0.717) is 11.5 Å². The van der Waals surface area contributed by atoms with Crippen molar-refractivity contribution >= 4 is 33.3 Å². The van der Waals surface area contributed by atoms with Crippen molar-refractivity contribution in [3.8, 4) is 6.07 Å². The molecule has 1 aromatic carbocycles. The maximum atomic E-state index is 9.12. The van der Waals surface area contributed by atoms with E-state index in [9.17, 15) is 0 Å². The van der Waals surface area contributed by atoms with E-state index in [1.165, 1.54) is 5.56 Å². The first-order valence-corrected chi connectivity index (χ1v) is 9.28. The Hall–Kier alpha value is -3.30. The Morgan fingerprint density at radius 1 is 1.04 bits per heavy atom. The number of anilines is 2. The number of hydrogen-bond acceptors (Lipinski definition) is 4. The van der Waals surface area contributed by atoms with Crippen molar-refractivity contribution in [1.29, 1.82) is 5.26 Å². The molecule has 134 valence electrons. The molecule has 1 aliphatic rings. The minimum Gasteiger partial charge on any atom is -0.360 e. The maximum Gasteiger partial charge on any atom is 0.101 e. The summed E-state index contributed by atoms with van der Waals surface area (Å²) in [5.41, 5.74) is 6.96. The van der Waals surface area contributed by atoms with Crippen molar-refractivity contribution in [2.24, 2.45) is 0 Å². The van der Waals surface area contributed by atoms with Crippen molar-refractivity contribution in [3.63, 3.8) is 0 Å². The molecule has 0 radical (unpaired) electrons. The van der Waals surface area contributed by atoms with Crippen LogP contribution in [-0.2, 0) is 0 Å². The van der Waals surface area contributed by atoms with Crippen LogP contribution < -0.4 is 10.6 Å². The van der Waals surface area contributed by atoms with E-state index in [1.54, 1.807) is 6.20 Å². The van der Waals surface area contributed by atoms with Gasteiger partial charge in [0.1, 0.15) is 6.07 Å². The summed E-state index contributed by atoms with van der Waals surface area (Å²) in [6, 6.07) is 10.3. The first kappa shape index (κ1) is 15.9. The third-order valence-corrected chi connectivity index (χ3v) is 5.41. The second kappa shape index (κ2) is 6.45. The van der Waals surface area contributed by atoms with Crippen LogP contribution in [-0.4, -0.2) is 28.0 Å². The molecule has 0 spiro atoms. The molecule has 1 fully saturated rings. The Morgan fingerprint density at radius 2 is 1.85 bits per heavy atom. The van der Waals surface area contributed by atoms with Gasteiger partial charge in [0, 0.05) is 29.0 Å². The van der Waals surface area contributed by atoms with E-state index in [1.807, 2.05) is 24.4 Å². The van der Waals surface area contributed by atoms with Gasteiger partial charge in [-0.1, -0.05) is 0 Å². The summed E-state index contributed by atoms with van der Waals surface area (Å²) in [5.74, 6) is 0.580. The normalized spacial score (nSPS) is 15.2. The molecule has 0 aliphatic carbocycles. The zero-order valence-electron chi connectivity index (χ0n) is 14.8. The number of rotatable bonds is 3. The van der Waals surface area contributed by atoms with Crippen LogP contribution in [0, 0.1) is 11.3 Å². The van der Waals surface area contributed by atoms with Gasteiger partial charge >= 0.3 is 0 Å². The molecule has 3 aromatic heterocycles. The summed E-state index contributed by atoms with van der Waals surface area (Å²) in [4.78, 5) is 11.3. The first-order valence-electron chi connectivity index (χ1n) is 9.28. The Kier molecular flexibility index (Phi) is 3.80. The zero-order valence-corrected chi connectivity index (χ0v) is 14.8. The number of H-pyrrole nitrogens is 2. The molecule has 27 heavy (non-hydrogen) atoms. The van der Waals surface area contributed by atoms with Gasteiger partial charge in [-0.3, -0.25) is 4.98 Å². The molecule has 5 rings (SSSR count). The molecule has 6 nitrogen and oxygen atoms in total. The molecule has 1 saturated heterocycles. The Morgan fingerprint density at radius 3 is 2.70 bits per heavy atom. The number of benzene rings is 1. The number of nitrogens with one attached hydrogen (secondary N) is 4. The van der Waals surface area contributed by atoms with Crippen molar-refractivity contribution in [1.82, 2.24) is 20.3 Å². The van der Waals surface area contributed by atoms with Crippen LogP contribution in [0.5, 0.6) is 0 Å². The largest absolute Gasteiger partial charge is 0.360 e. The van der Waals surface area contributed by atoms with E-state index in [4.69, 9.17) is 10.2 Å². The summed E-state index contributed by atoms with van der Waals surface area (Å²) in [6.45, 7) is 2.15.